The standard InChI is InChI=1S/C9H11F6O.H2O.O.Zr/c10-6(4-2-1-3-5-16)9(14,15)7(11)8(12)13;;;/h6H,1-5H2;1H2;;/q-1;;;+2/p-1. The van der Waals surface area contributed by atoms with Gasteiger partial charge >= 0.3 is 114 Å². The van der Waals surface area contributed by atoms with E-state index in [1.807, 2.05) is 0 Å². The molecule has 0 saturated heterocycles. The molecule has 112 valence electrons. The van der Waals surface area contributed by atoms with Gasteiger partial charge in [0.15, 0.2) is 0 Å². The number of hydrogen-bond acceptors (Lipinski definition) is 2. The Bertz CT molecular complexity index is 332. The number of allylic oxidation sites excluding steroid dienone is 1. The van der Waals surface area contributed by atoms with Crippen LogP contribution in [0.4, 0.5) is 26.3 Å². The van der Waals surface area contributed by atoms with Gasteiger partial charge in [-0.1, -0.05) is 0 Å². The molecular weight excluding hydrogens is 361 g/mol. The summed E-state index contributed by atoms with van der Waals surface area (Å²) in [7, 11) is 0. The molecule has 3 nitrogen and oxygen atoms in total. The summed E-state index contributed by atoms with van der Waals surface area (Å²) in [5.41, 5.74) is 0. The van der Waals surface area contributed by atoms with Crippen LogP contribution in [0.5, 0.6) is 0 Å². The summed E-state index contributed by atoms with van der Waals surface area (Å²) in [5.74, 6) is -7.89. The summed E-state index contributed by atoms with van der Waals surface area (Å²) >= 11 is -3.87. The molecule has 10 heteroatoms. The van der Waals surface area contributed by atoms with Crippen molar-refractivity contribution in [2.24, 2.45) is 0 Å². The zero-order chi connectivity index (χ0) is 15.1. The first kappa shape index (κ1) is 18.9. The van der Waals surface area contributed by atoms with E-state index in [0.717, 1.165) is 0 Å². The summed E-state index contributed by atoms with van der Waals surface area (Å²) < 4.78 is 97.0. The molecule has 19 heavy (non-hydrogen) atoms. The van der Waals surface area contributed by atoms with Gasteiger partial charge < -0.3 is 0 Å². The Morgan fingerprint density at radius 1 is 1.21 bits per heavy atom. The minimum atomic E-state index is -4.84. The van der Waals surface area contributed by atoms with Crippen molar-refractivity contribution in [2.75, 3.05) is 6.61 Å². The Labute approximate surface area is 114 Å². The molecule has 0 aromatic carbocycles. The maximum atomic E-state index is 13.0. The molecule has 0 aromatic heterocycles. The molecule has 0 saturated carbocycles. The Morgan fingerprint density at radius 2 is 1.79 bits per heavy atom. The fourth-order valence-corrected chi connectivity index (χ4v) is 1.99. The van der Waals surface area contributed by atoms with Crippen molar-refractivity contribution < 1.29 is 57.8 Å². The SMILES string of the molecule is [O]=[Zr]([OH])[O]CCCCCC(F)C(F)(F)C(F)=C(F)F. The molecule has 0 bridgehead atoms. The van der Waals surface area contributed by atoms with Crippen LogP contribution in [-0.4, -0.2) is 21.9 Å². The summed E-state index contributed by atoms with van der Waals surface area (Å²) in [6, 6.07) is 0. The molecule has 0 radical (unpaired) electrons. The van der Waals surface area contributed by atoms with Crippen LogP contribution >= 0.6 is 0 Å². The molecule has 0 aliphatic heterocycles. The van der Waals surface area contributed by atoms with Crippen LogP contribution < -0.4 is 0 Å². The predicted molar refractivity (Wildman–Crippen MR) is 47.5 cm³/mol. The number of alkyl halides is 3. The summed E-state index contributed by atoms with van der Waals surface area (Å²) in [6.07, 6.45) is -6.76. The van der Waals surface area contributed by atoms with E-state index in [-0.39, 0.29) is 25.9 Å². The predicted octanol–water partition coefficient (Wildman–Crippen LogP) is 3.40. The van der Waals surface area contributed by atoms with E-state index in [9.17, 15) is 29.2 Å². The van der Waals surface area contributed by atoms with Crippen LogP contribution in [0.2, 0.25) is 0 Å². The molecule has 1 unspecified atom stereocenters. The van der Waals surface area contributed by atoms with Crippen molar-refractivity contribution >= 4 is 0 Å². The summed E-state index contributed by atoms with van der Waals surface area (Å²) in [4.78, 5) is 0. The van der Waals surface area contributed by atoms with Gasteiger partial charge in [-0.05, 0) is 0 Å². The van der Waals surface area contributed by atoms with E-state index in [1.165, 1.54) is 0 Å². The topological polar surface area (TPSA) is 46.5 Å². The van der Waals surface area contributed by atoms with Crippen molar-refractivity contribution in [3.8, 4) is 0 Å². The first-order valence-electron chi connectivity index (χ1n) is 5.28. The van der Waals surface area contributed by atoms with Crippen molar-refractivity contribution in [3.63, 3.8) is 0 Å². The molecule has 0 rings (SSSR count). The molecule has 0 fully saturated rings. The van der Waals surface area contributed by atoms with Crippen molar-refractivity contribution in [1.82, 2.24) is 0 Å². The average Bonchev–Trinajstić information content (AvgIpc) is 2.31. The average molecular weight is 373 g/mol. The van der Waals surface area contributed by atoms with E-state index in [2.05, 4.69) is 2.81 Å². The second-order valence-corrected chi connectivity index (χ2v) is 5.65. The van der Waals surface area contributed by atoms with E-state index >= 15 is 0 Å². The quantitative estimate of drug-likeness (QED) is 0.498. The van der Waals surface area contributed by atoms with Gasteiger partial charge in [-0.25, -0.2) is 0 Å². The minimum absolute atomic E-state index is 0.0600. The maximum absolute atomic E-state index is 13.0. The molecule has 0 heterocycles. The van der Waals surface area contributed by atoms with E-state index in [0.29, 0.717) is 0 Å². The molecule has 0 aromatic rings. The van der Waals surface area contributed by atoms with E-state index in [1.54, 1.807) is 0 Å². The summed E-state index contributed by atoms with van der Waals surface area (Å²) in [5, 5.41) is 0. The van der Waals surface area contributed by atoms with E-state index < -0.39 is 53.1 Å². The number of unbranched alkanes of at least 4 members (excludes halogenated alkanes) is 2. The molecule has 1 N–H and O–H groups in total. The molecule has 0 spiro atoms. The van der Waals surface area contributed by atoms with Crippen LogP contribution in [-0.2, 0) is 28.3 Å². The zero-order valence-corrected chi connectivity index (χ0v) is 12.1. The zero-order valence-electron chi connectivity index (χ0n) is 9.64. The fraction of sp³-hybridized carbons (Fsp3) is 0.778. The van der Waals surface area contributed by atoms with Crippen molar-refractivity contribution in [2.45, 2.75) is 37.8 Å². The van der Waals surface area contributed by atoms with Gasteiger partial charge in [-0.2, -0.15) is 0 Å². The van der Waals surface area contributed by atoms with Crippen LogP contribution in [0.15, 0.2) is 11.9 Å². The molecule has 0 amide bonds. The first-order valence-corrected chi connectivity index (χ1v) is 8.39. The van der Waals surface area contributed by atoms with Crippen LogP contribution in [0.3, 0.4) is 0 Å². The van der Waals surface area contributed by atoms with Crippen molar-refractivity contribution in [1.29, 1.82) is 0 Å². The summed E-state index contributed by atoms with van der Waals surface area (Å²) in [6.45, 7) is -0.0600. The second kappa shape index (κ2) is 8.97. The van der Waals surface area contributed by atoms with Gasteiger partial charge in [-0.15, -0.1) is 0 Å². The van der Waals surface area contributed by atoms with Gasteiger partial charge in [0.2, 0.25) is 0 Å². The molecule has 0 aliphatic rings. The third kappa shape index (κ3) is 7.32. The normalized spacial score (nSPS) is 13.2. The Kier molecular flexibility index (Phi) is 8.93. The number of hydrogen-bond donors (Lipinski definition) is 1. The number of rotatable bonds is 9. The molecule has 0 aliphatic carbocycles. The van der Waals surface area contributed by atoms with Gasteiger partial charge in [0.25, 0.3) is 0 Å². The Morgan fingerprint density at radius 3 is 2.26 bits per heavy atom. The second-order valence-electron chi connectivity index (χ2n) is 3.63. The first-order chi connectivity index (χ1) is 8.69. The van der Waals surface area contributed by atoms with Crippen molar-refractivity contribution in [3.05, 3.63) is 11.9 Å². The number of halogens is 6. The van der Waals surface area contributed by atoms with Crippen LogP contribution in [0.25, 0.3) is 0 Å². The van der Waals surface area contributed by atoms with E-state index in [4.69, 9.17) is 3.18 Å². The Hall–Kier alpha value is -0.0769. The molecule has 1 atom stereocenters. The van der Waals surface area contributed by atoms with Crippen LogP contribution in [0, 0.1) is 0 Å². The monoisotopic (exact) mass is 372 g/mol. The Balaban J connectivity index is 4.01. The van der Waals surface area contributed by atoms with Gasteiger partial charge in [0.1, 0.15) is 0 Å². The third-order valence-electron chi connectivity index (χ3n) is 2.18. The molecular formula is C9H12F6O3Zr. The fourth-order valence-electron chi connectivity index (χ4n) is 1.21. The van der Waals surface area contributed by atoms with Gasteiger partial charge in [0.05, 0.1) is 0 Å². The van der Waals surface area contributed by atoms with Crippen LogP contribution in [0.1, 0.15) is 25.7 Å². The van der Waals surface area contributed by atoms with Gasteiger partial charge in [-0.3, -0.25) is 0 Å². The third-order valence-corrected chi connectivity index (χ3v) is 3.29. The van der Waals surface area contributed by atoms with Gasteiger partial charge in [0, 0.05) is 0 Å².